The predicted molar refractivity (Wildman–Crippen MR) is 36.4 cm³/mol. The molecule has 1 aromatic heterocycles. The molecule has 0 aliphatic carbocycles. The molecule has 0 unspecified atom stereocenters. The van der Waals surface area contributed by atoms with Crippen molar-refractivity contribution in [1.29, 1.82) is 0 Å². The summed E-state index contributed by atoms with van der Waals surface area (Å²) in [6, 6.07) is 2.00. The van der Waals surface area contributed by atoms with Gasteiger partial charge in [-0.2, -0.15) is 4.37 Å². The SMILES string of the molecule is Cc1cc(CCl)ns1. The molecule has 0 spiro atoms. The van der Waals surface area contributed by atoms with Crippen molar-refractivity contribution < 1.29 is 0 Å². The minimum Gasteiger partial charge on any atom is -0.196 e. The van der Waals surface area contributed by atoms with Crippen LogP contribution in [0.5, 0.6) is 0 Å². The van der Waals surface area contributed by atoms with Crippen LogP contribution in [0.25, 0.3) is 0 Å². The minimum atomic E-state index is 0.532. The zero-order valence-corrected chi connectivity index (χ0v) is 6.09. The first kappa shape index (κ1) is 6.05. The average Bonchev–Trinajstić information content (AvgIpc) is 2.14. The standard InChI is InChI=1S/C5H6ClNS/c1-4-2-5(3-6)7-8-4/h2H,3H2,1H3. The maximum atomic E-state index is 5.48. The molecule has 0 aliphatic heterocycles. The third kappa shape index (κ3) is 1.20. The molecule has 0 bridgehead atoms. The topological polar surface area (TPSA) is 12.9 Å². The molecule has 0 saturated heterocycles. The summed E-state index contributed by atoms with van der Waals surface area (Å²) < 4.78 is 4.04. The van der Waals surface area contributed by atoms with Gasteiger partial charge in [0, 0.05) is 4.88 Å². The third-order valence-corrected chi connectivity index (χ3v) is 1.82. The predicted octanol–water partition coefficient (Wildman–Crippen LogP) is 2.19. The maximum absolute atomic E-state index is 5.48. The van der Waals surface area contributed by atoms with Gasteiger partial charge in [-0.1, -0.05) is 0 Å². The van der Waals surface area contributed by atoms with Crippen molar-refractivity contribution in [2.45, 2.75) is 12.8 Å². The quantitative estimate of drug-likeness (QED) is 0.555. The van der Waals surface area contributed by atoms with Gasteiger partial charge in [-0.05, 0) is 24.5 Å². The second kappa shape index (κ2) is 2.46. The summed E-state index contributed by atoms with van der Waals surface area (Å²) >= 11 is 6.98. The highest BCUT2D eigenvalue weighted by molar-refractivity contribution is 7.05. The Morgan fingerprint density at radius 3 is 2.88 bits per heavy atom. The average molecular weight is 148 g/mol. The van der Waals surface area contributed by atoms with Gasteiger partial charge in [0.25, 0.3) is 0 Å². The first-order valence-corrected chi connectivity index (χ1v) is 3.62. The number of alkyl halides is 1. The van der Waals surface area contributed by atoms with Gasteiger partial charge in [-0.25, -0.2) is 0 Å². The van der Waals surface area contributed by atoms with E-state index in [1.54, 1.807) is 0 Å². The Kier molecular flexibility index (Phi) is 1.86. The second-order valence-corrected chi connectivity index (χ2v) is 2.84. The largest absolute Gasteiger partial charge is 0.196 e. The molecule has 1 nitrogen and oxygen atoms in total. The van der Waals surface area contributed by atoms with Crippen LogP contribution in [-0.2, 0) is 5.88 Å². The van der Waals surface area contributed by atoms with Crippen LogP contribution in [0.1, 0.15) is 10.6 Å². The molecule has 0 atom stereocenters. The van der Waals surface area contributed by atoms with Crippen LogP contribution in [0.4, 0.5) is 0 Å². The van der Waals surface area contributed by atoms with Crippen molar-refractivity contribution >= 4 is 23.1 Å². The summed E-state index contributed by atoms with van der Waals surface area (Å²) in [6.45, 7) is 2.02. The van der Waals surface area contributed by atoms with E-state index < -0.39 is 0 Å². The summed E-state index contributed by atoms with van der Waals surface area (Å²) in [5, 5.41) is 0. The lowest BCUT2D eigenvalue weighted by molar-refractivity contribution is 1.29. The smallest absolute Gasteiger partial charge is 0.0692 e. The molecule has 0 fully saturated rings. The van der Waals surface area contributed by atoms with Gasteiger partial charge in [0.15, 0.2) is 0 Å². The van der Waals surface area contributed by atoms with E-state index in [0.29, 0.717) is 5.88 Å². The highest BCUT2D eigenvalue weighted by atomic mass is 35.5. The minimum absolute atomic E-state index is 0.532. The van der Waals surface area contributed by atoms with Crippen LogP contribution in [-0.4, -0.2) is 4.37 Å². The lowest BCUT2D eigenvalue weighted by Crippen LogP contribution is -1.69. The van der Waals surface area contributed by atoms with Crippen LogP contribution >= 0.6 is 23.1 Å². The van der Waals surface area contributed by atoms with Gasteiger partial charge in [0.1, 0.15) is 0 Å². The number of aromatic nitrogens is 1. The number of hydrogen-bond acceptors (Lipinski definition) is 2. The zero-order valence-electron chi connectivity index (χ0n) is 4.52. The van der Waals surface area contributed by atoms with Crippen molar-refractivity contribution in [3.8, 4) is 0 Å². The van der Waals surface area contributed by atoms with Crippen LogP contribution in [0.15, 0.2) is 6.07 Å². The molecule has 0 aromatic carbocycles. The molecule has 44 valence electrons. The second-order valence-electron chi connectivity index (χ2n) is 1.56. The highest BCUT2D eigenvalue weighted by Gasteiger charge is 1.92. The number of nitrogens with zero attached hydrogens (tertiary/aromatic N) is 1. The molecule has 8 heavy (non-hydrogen) atoms. The van der Waals surface area contributed by atoms with Crippen molar-refractivity contribution in [1.82, 2.24) is 4.37 Å². The van der Waals surface area contributed by atoms with Crippen molar-refractivity contribution in [2.75, 3.05) is 0 Å². The summed E-state index contributed by atoms with van der Waals surface area (Å²) in [5.74, 6) is 0.532. The fourth-order valence-electron chi connectivity index (χ4n) is 0.481. The Hall–Kier alpha value is -0.0800. The van der Waals surface area contributed by atoms with E-state index in [2.05, 4.69) is 4.37 Å². The van der Waals surface area contributed by atoms with Crippen LogP contribution < -0.4 is 0 Å². The molecule has 0 N–H and O–H groups in total. The van der Waals surface area contributed by atoms with Gasteiger partial charge >= 0.3 is 0 Å². The summed E-state index contributed by atoms with van der Waals surface area (Å²) in [5.41, 5.74) is 0.981. The Balaban J connectivity index is 2.84. The fourth-order valence-corrected chi connectivity index (χ4v) is 1.26. The van der Waals surface area contributed by atoms with Crippen LogP contribution in [0.2, 0.25) is 0 Å². The maximum Gasteiger partial charge on any atom is 0.0692 e. The summed E-state index contributed by atoms with van der Waals surface area (Å²) in [7, 11) is 0. The van der Waals surface area contributed by atoms with E-state index in [-0.39, 0.29) is 0 Å². The van der Waals surface area contributed by atoms with E-state index >= 15 is 0 Å². The molecule has 0 amide bonds. The van der Waals surface area contributed by atoms with E-state index in [9.17, 15) is 0 Å². The van der Waals surface area contributed by atoms with Gasteiger partial charge in [-0.3, -0.25) is 0 Å². The Morgan fingerprint density at radius 2 is 2.62 bits per heavy atom. The lowest BCUT2D eigenvalue weighted by Gasteiger charge is -1.75. The van der Waals surface area contributed by atoms with Gasteiger partial charge < -0.3 is 0 Å². The first-order chi connectivity index (χ1) is 3.83. The van der Waals surface area contributed by atoms with E-state index in [1.165, 1.54) is 16.4 Å². The molecule has 0 radical (unpaired) electrons. The third-order valence-electron chi connectivity index (χ3n) is 0.814. The molecule has 1 aromatic rings. The molecule has 0 saturated carbocycles. The number of rotatable bonds is 1. The van der Waals surface area contributed by atoms with E-state index in [1.807, 2.05) is 13.0 Å². The Morgan fingerprint density at radius 1 is 1.88 bits per heavy atom. The lowest BCUT2D eigenvalue weighted by atomic mass is 10.4. The van der Waals surface area contributed by atoms with Crippen molar-refractivity contribution in [3.05, 3.63) is 16.6 Å². The molecular weight excluding hydrogens is 142 g/mol. The normalized spacial score (nSPS) is 9.75. The van der Waals surface area contributed by atoms with Crippen molar-refractivity contribution in [3.63, 3.8) is 0 Å². The zero-order chi connectivity index (χ0) is 5.98. The van der Waals surface area contributed by atoms with Gasteiger partial charge in [-0.15, -0.1) is 11.6 Å². The fraction of sp³-hybridized carbons (Fsp3) is 0.400. The van der Waals surface area contributed by atoms with Crippen molar-refractivity contribution in [2.24, 2.45) is 0 Å². The molecule has 3 heteroatoms. The van der Waals surface area contributed by atoms with Gasteiger partial charge in [0.05, 0.1) is 11.6 Å². The van der Waals surface area contributed by atoms with E-state index in [4.69, 9.17) is 11.6 Å². The number of hydrogen-bond donors (Lipinski definition) is 0. The number of halogens is 1. The summed E-state index contributed by atoms with van der Waals surface area (Å²) in [6.07, 6.45) is 0. The van der Waals surface area contributed by atoms with Gasteiger partial charge in [0.2, 0.25) is 0 Å². The monoisotopic (exact) mass is 147 g/mol. The van der Waals surface area contributed by atoms with Crippen LogP contribution in [0.3, 0.4) is 0 Å². The molecule has 0 aliphatic rings. The van der Waals surface area contributed by atoms with Crippen LogP contribution in [0, 0.1) is 6.92 Å². The molecular formula is C5H6ClNS. The molecule has 1 heterocycles. The van der Waals surface area contributed by atoms with E-state index in [0.717, 1.165) is 5.69 Å². The Labute approximate surface area is 57.5 Å². The first-order valence-electron chi connectivity index (χ1n) is 2.31. The molecule has 1 rings (SSSR count). The summed E-state index contributed by atoms with van der Waals surface area (Å²) in [4.78, 5) is 1.22. The number of aryl methyl sites for hydroxylation is 1. The highest BCUT2D eigenvalue weighted by Crippen LogP contribution is 2.08. The Bertz CT molecular complexity index is 173.